The molecule has 18 atom stereocenters. The van der Waals surface area contributed by atoms with E-state index >= 15 is 0 Å². The first-order valence-corrected chi connectivity index (χ1v) is 18.8. The average Bonchev–Trinajstić information content (AvgIpc) is 3.58. The van der Waals surface area contributed by atoms with E-state index in [0.29, 0.717) is 12.3 Å². The van der Waals surface area contributed by atoms with Gasteiger partial charge in [-0.2, -0.15) is 0 Å². The van der Waals surface area contributed by atoms with Gasteiger partial charge in [-0.05, 0) is 80.6 Å². The highest BCUT2D eigenvalue weighted by molar-refractivity contribution is 5.85. The molecule has 7 aliphatic rings. The topological polar surface area (TPSA) is 211 Å². The molecule has 3 aliphatic heterocycles. The van der Waals surface area contributed by atoms with Gasteiger partial charge in [-0.15, -0.1) is 0 Å². The summed E-state index contributed by atoms with van der Waals surface area (Å²) in [7, 11) is 0. The van der Waals surface area contributed by atoms with Crippen LogP contribution in [0.3, 0.4) is 0 Å². The molecule has 4 saturated carbocycles. The molecule has 0 aromatic heterocycles. The largest absolute Gasteiger partial charge is 0.462 e. The van der Waals surface area contributed by atoms with Gasteiger partial charge in [0.25, 0.3) is 0 Å². The van der Waals surface area contributed by atoms with Gasteiger partial charge in [0.2, 0.25) is 0 Å². The number of aliphatic hydroxyl groups excluding tert-OH is 5. The second-order valence-electron chi connectivity index (χ2n) is 16.9. The molecule has 6 N–H and O–H groups in total. The first-order chi connectivity index (χ1) is 24.1. The number of hydrogen-bond acceptors (Lipinski definition) is 14. The predicted molar refractivity (Wildman–Crippen MR) is 175 cm³/mol. The van der Waals surface area contributed by atoms with Crippen molar-refractivity contribution in [2.45, 2.75) is 159 Å². The zero-order valence-corrected chi connectivity index (χ0v) is 30.0. The van der Waals surface area contributed by atoms with Gasteiger partial charge >= 0.3 is 11.9 Å². The fourth-order valence-corrected chi connectivity index (χ4v) is 11.7. The summed E-state index contributed by atoms with van der Waals surface area (Å²) in [6, 6.07) is 0. The molecular formula is C37H56O14. The van der Waals surface area contributed by atoms with E-state index in [1.165, 1.54) is 13.0 Å². The second-order valence-corrected chi connectivity index (χ2v) is 16.9. The highest BCUT2D eigenvalue weighted by Gasteiger charge is 2.71. The van der Waals surface area contributed by atoms with Crippen LogP contribution < -0.4 is 0 Å². The Bertz CT molecular complexity index is 1340. The van der Waals surface area contributed by atoms with Crippen molar-refractivity contribution in [3.63, 3.8) is 0 Å². The molecule has 4 aliphatic carbocycles. The van der Waals surface area contributed by atoms with Crippen LogP contribution in [0.4, 0.5) is 0 Å². The van der Waals surface area contributed by atoms with E-state index in [4.69, 9.17) is 28.4 Å². The summed E-state index contributed by atoms with van der Waals surface area (Å²) in [5, 5.41) is 64.0. The van der Waals surface area contributed by atoms with Gasteiger partial charge in [0.1, 0.15) is 43.2 Å². The van der Waals surface area contributed by atoms with E-state index in [2.05, 4.69) is 13.8 Å². The summed E-state index contributed by atoms with van der Waals surface area (Å²) in [4.78, 5) is 24.3. The van der Waals surface area contributed by atoms with Gasteiger partial charge in [-0.1, -0.05) is 13.8 Å². The molecule has 3 heterocycles. The van der Waals surface area contributed by atoms with Crippen LogP contribution in [-0.4, -0.2) is 129 Å². The summed E-state index contributed by atoms with van der Waals surface area (Å²) in [6.45, 7) is 7.16. The molecular weight excluding hydrogens is 668 g/mol. The lowest BCUT2D eigenvalue weighted by Gasteiger charge is -2.63. The molecule has 0 spiro atoms. The molecule has 6 fully saturated rings. The van der Waals surface area contributed by atoms with Crippen molar-refractivity contribution in [1.82, 2.24) is 0 Å². The van der Waals surface area contributed by atoms with Gasteiger partial charge in [0, 0.05) is 37.2 Å². The molecule has 14 heteroatoms. The number of fused-ring (bicyclic) bond motifs is 5. The predicted octanol–water partition coefficient (Wildman–Crippen LogP) is 0.851. The standard InChI is InChI=1S/C37H56O14/c1-17-33(51-34-32(44)31(43)30(42)26(15-38)50-34)24(40)13-28(47-17)49-21-7-9-35(3)20(12-21)5-6-23-22(35)8-10-36(4)29(19-11-27(41)46-16-19)25(48-18(2)39)14-37(23,36)45/h11,17,20-26,28-34,38,40,42-45H,5-10,12-16H2,1-4H3/t17-,20?,21+,22?,23?,24+,25+,26-,28+,29+,30-,31+,32-,33-,34-,35+,36-,37+/m1/s1. The van der Waals surface area contributed by atoms with Gasteiger partial charge in [-0.3, -0.25) is 4.79 Å². The van der Waals surface area contributed by atoms with E-state index in [-0.39, 0.29) is 42.3 Å². The minimum absolute atomic E-state index is 0.0227. The van der Waals surface area contributed by atoms with Crippen molar-refractivity contribution in [2.24, 2.45) is 34.5 Å². The third-order valence-corrected chi connectivity index (χ3v) is 14.3. The highest BCUT2D eigenvalue weighted by Crippen LogP contribution is 2.70. The third-order valence-electron chi connectivity index (χ3n) is 14.3. The number of cyclic esters (lactones) is 1. The molecule has 0 bridgehead atoms. The minimum atomic E-state index is -1.59. The highest BCUT2D eigenvalue weighted by atomic mass is 16.7. The number of ether oxygens (including phenoxy) is 6. The quantitative estimate of drug-likeness (QED) is 0.159. The monoisotopic (exact) mass is 724 g/mol. The first-order valence-electron chi connectivity index (χ1n) is 18.8. The van der Waals surface area contributed by atoms with Crippen molar-refractivity contribution in [3.05, 3.63) is 11.6 Å². The lowest BCUT2D eigenvalue weighted by Crippen LogP contribution is -2.62. The maximum Gasteiger partial charge on any atom is 0.331 e. The maximum absolute atomic E-state index is 12.8. The fraction of sp³-hybridized carbons (Fsp3) is 0.892. The molecule has 51 heavy (non-hydrogen) atoms. The van der Waals surface area contributed by atoms with Gasteiger partial charge < -0.3 is 59.1 Å². The number of esters is 2. The van der Waals surface area contributed by atoms with Crippen LogP contribution in [0.2, 0.25) is 0 Å². The Morgan fingerprint density at radius 2 is 1.73 bits per heavy atom. The van der Waals surface area contributed by atoms with Crippen LogP contribution in [0.15, 0.2) is 11.6 Å². The number of carbonyl (C=O) groups is 2. The van der Waals surface area contributed by atoms with E-state index in [0.717, 1.165) is 50.5 Å². The molecule has 7 rings (SSSR count). The zero-order chi connectivity index (χ0) is 36.6. The molecule has 0 aromatic carbocycles. The van der Waals surface area contributed by atoms with Gasteiger partial charge in [-0.25, -0.2) is 4.79 Å². The smallest absolute Gasteiger partial charge is 0.331 e. The number of carbonyl (C=O) groups excluding carboxylic acids is 2. The van der Waals surface area contributed by atoms with E-state index in [1.807, 2.05) is 0 Å². The van der Waals surface area contributed by atoms with Crippen molar-refractivity contribution in [1.29, 1.82) is 0 Å². The van der Waals surface area contributed by atoms with Crippen molar-refractivity contribution >= 4 is 11.9 Å². The van der Waals surface area contributed by atoms with Crippen molar-refractivity contribution in [3.8, 4) is 0 Å². The second kappa shape index (κ2) is 13.8. The Hall–Kier alpha value is -1.72. The third kappa shape index (κ3) is 6.28. The van der Waals surface area contributed by atoms with Crippen LogP contribution >= 0.6 is 0 Å². The molecule has 2 saturated heterocycles. The number of aliphatic hydroxyl groups is 6. The summed E-state index contributed by atoms with van der Waals surface area (Å²) < 4.78 is 35.1. The van der Waals surface area contributed by atoms with Crippen LogP contribution in [0.25, 0.3) is 0 Å². The van der Waals surface area contributed by atoms with Gasteiger partial charge in [0.15, 0.2) is 12.6 Å². The Morgan fingerprint density at radius 1 is 0.961 bits per heavy atom. The lowest BCUT2D eigenvalue weighted by atomic mass is 9.43. The van der Waals surface area contributed by atoms with E-state index in [9.17, 15) is 40.2 Å². The molecule has 3 unspecified atom stereocenters. The average molecular weight is 725 g/mol. The number of hydrogen-bond donors (Lipinski definition) is 6. The van der Waals surface area contributed by atoms with Crippen LogP contribution in [0, 0.1) is 34.5 Å². The lowest BCUT2D eigenvalue weighted by molar-refractivity contribution is -0.344. The molecule has 0 amide bonds. The normalized spacial score (nSPS) is 52.6. The minimum Gasteiger partial charge on any atom is -0.462 e. The Balaban J connectivity index is 0.989. The summed E-state index contributed by atoms with van der Waals surface area (Å²) in [5.74, 6) is -0.416. The van der Waals surface area contributed by atoms with Crippen LogP contribution in [-0.2, 0) is 38.0 Å². The molecule has 288 valence electrons. The Morgan fingerprint density at radius 3 is 2.39 bits per heavy atom. The van der Waals surface area contributed by atoms with Crippen molar-refractivity contribution in [2.75, 3.05) is 13.2 Å². The van der Waals surface area contributed by atoms with E-state index in [1.54, 1.807) is 6.92 Å². The molecule has 14 nitrogen and oxygen atoms in total. The molecule has 0 aromatic rings. The van der Waals surface area contributed by atoms with Crippen molar-refractivity contribution < 1.29 is 68.6 Å². The summed E-state index contributed by atoms with van der Waals surface area (Å²) >= 11 is 0. The Kier molecular flexibility index (Phi) is 10.2. The zero-order valence-electron chi connectivity index (χ0n) is 30.0. The number of rotatable bonds is 7. The summed E-state index contributed by atoms with van der Waals surface area (Å²) in [5.41, 5.74) is -0.856. The van der Waals surface area contributed by atoms with E-state index < -0.39 is 91.0 Å². The van der Waals surface area contributed by atoms with Crippen LogP contribution in [0.5, 0.6) is 0 Å². The fourth-order valence-electron chi connectivity index (χ4n) is 11.7. The Labute approximate surface area is 298 Å². The molecule has 0 radical (unpaired) electrons. The van der Waals surface area contributed by atoms with Gasteiger partial charge in [0.05, 0.1) is 30.5 Å². The summed E-state index contributed by atoms with van der Waals surface area (Å²) in [6.07, 6.45) is -3.11. The maximum atomic E-state index is 12.8. The SMILES string of the molecule is CC(=O)O[C@H]1C[C@]2(O)C3CCC4C[C@@H](O[C@H]5C[C@H](O)[C@H](O[C@H]6O[C@H](CO)[C@@H](O)[C@H](O)[C@H]6O)[C@@H](C)O5)CC[C@]4(C)C3CC[C@]2(C)[C@H]1C1=CC(=O)OC1. The first kappa shape index (κ1) is 37.6. The van der Waals surface area contributed by atoms with Crippen LogP contribution in [0.1, 0.15) is 85.5 Å².